The van der Waals surface area contributed by atoms with Crippen molar-refractivity contribution in [2.75, 3.05) is 0 Å². The third-order valence-electron chi connectivity index (χ3n) is 0.469. The van der Waals surface area contributed by atoms with Crippen molar-refractivity contribution < 1.29 is 4.52 Å². The zero-order valence-electron chi connectivity index (χ0n) is 4.38. The van der Waals surface area contributed by atoms with Gasteiger partial charge in [0, 0.05) is 56.7 Å². The number of aromatic nitrogens is 2. The standard InChI is InChI=1S/C3H4N2O.K/c1-3-2-6-5-4-3;/h2H,1H3;. The minimum absolute atomic E-state index is 0. The molecule has 1 heterocycles. The van der Waals surface area contributed by atoms with E-state index in [2.05, 4.69) is 14.9 Å². The van der Waals surface area contributed by atoms with E-state index in [1.807, 2.05) is 6.92 Å². The summed E-state index contributed by atoms with van der Waals surface area (Å²) in [6.45, 7) is 1.82. The Balaban J connectivity index is 0.000000360. The first-order chi connectivity index (χ1) is 2.89. The molecule has 0 aliphatic carbocycles. The zero-order valence-corrected chi connectivity index (χ0v) is 7.50. The molecule has 7 heavy (non-hydrogen) atoms. The summed E-state index contributed by atoms with van der Waals surface area (Å²) in [4.78, 5) is 0. The van der Waals surface area contributed by atoms with Crippen molar-refractivity contribution >= 4 is 51.4 Å². The Morgan fingerprint density at radius 1 is 1.71 bits per heavy atom. The topological polar surface area (TPSA) is 38.9 Å². The smallest absolute Gasteiger partial charge is 0.147 e. The molecule has 0 aliphatic heterocycles. The van der Waals surface area contributed by atoms with Crippen LogP contribution in [0.1, 0.15) is 5.69 Å². The van der Waals surface area contributed by atoms with Gasteiger partial charge < -0.3 is 4.52 Å². The van der Waals surface area contributed by atoms with Crippen LogP contribution in [-0.4, -0.2) is 61.8 Å². The Morgan fingerprint density at radius 3 is 2.57 bits per heavy atom. The van der Waals surface area contributed by atoms with Crippen molar-refractivity contribution in [2.24, 2.45) is 0 Å². The van der Waals surface area contributed by atoms with Gasteiger partial charge in [0.2, 0.25) is 0 Å². The van der Waals surface area contributed by atoms with Gasteiger partial charge in [-0.1, -0.05) is 0 Å². The molecule has 4 heteroatoms. The number of aryl methyl sites for hydroxylation is 1. The molecular weight excluding hydrogens is 119 g/mol. The number of hydrogen-bond donors (Lipinski definition) is 0. The van der Waals surface area contributed by atoms with E-state index in [0.717, 1.165) is 5.69 Å². The first kappa shape index (κ1) is 7.78. The molecule has 0 unspecified atom stereocenters. The van der Waals surface area contributed by atoms with Crippen LogP contribution in [0.15, 0.2) is 10.8 Å². The van der Waals surface area contributed by atoms with E-state index in [1.54, 1.807) is 0 Å². The third-order valence-corrected chi connectivity index (χ3v) is 0.469. The van der Waals surface area contributed by atoms with Crippen LogP contribution >= 0.6 is 0 Å². The molecule has 1 aromatic rings. The maximum Gasteiger partial charge on any atom is 0.147 e. The molecule has 0 N–H and O–H groups in total. The molecule has 0 saturated carbocycles. The van der Waals surface area contributed by atoms with Gasteiger partial charge in [-0.15, -0.1) is 5.10 Å². The van der Waals surface area contributed by atoms with Crippen LogP contribution in [0, 0.1) is 6.92 Å². The van der Waals surface area contributed by atoms with Gasteiger partial charge in [0.25, 0.3) is 0 Å². The summed E-state index contributed by atoms with van der Waals surface area (Å²) < 4.78 is 4.35. The normalized spacial score (nSPS) is 7.57. The minimum atomic E-state index is 0. The summed E-state index contributed by atoms with van der Waals surface area (Å²) in [6.07, 6.45) is 1.49. The Hall–Kier alpha value is 0.776. The van der Waals surface area contributed by atoms with Gasteiger partial charge in [-0.05, 0) is 6.92 Å². The summed E-state index contributed by atoms with van der Waals surface area (Å²) in [5.41, 5.74) is 0.815. The minimum Gasteiger partial charge on any atom is -0.345 e. The predicted molar refractivity (Wildman–Crippen MR) is 24.8 cm³/mol. The second-order valence-electron chi connectivity index (χ2n) is 1.05. The molecule has 1 radical (unpaired) electrons. The molecule has 0 spiro atoms. The van der Waals surface area contributed by atoms with Crippen LogP contribution in [0.2, 0.25) is 0 Å². The van der Waals surface area contributed by atoms with Crippen molar-refractivity contribution in [3.05, 3.63) is 12.0 Å². The summed E-state index contributed by atoms with van der Waals surface area (Å²) in [7, 11) is 0. The largest absolute Gasteiger partial charge is 0.345 e. The van der Waals surface area contributed by atoms with E-state index in [4.69, 9.17) is 0 Å². The number of nitrogens with zero attached hydrogens (tertiary/aromatic N) is 2. The molecular formula is C3H4KN2O. The molecule has 0 fully saturated rings. The van der Waals surface area contributed by atoms with Crippen LogP contribution in [0.3, 0.4) is 0 Å². The maximum atomic E-state index is 4.35. The van der Waals surface area contributed by atoms with Crippen molar-refractivity contribution in [1.82, 2.24) is 10.4 Å². The average Bonchev–Trinajstić information content (AvgIpc) is 1.86. The second kappa shape index (κ2) is 3.74. The van der Waals surface area contributed by atoms with Gasteiger partial charge in [0.15, 0.2) is 0 Å². The molecule has 3 nitrogen and oxygen atoms in total. The monoisotopic (exact) mass is 123 g/mol. The summed E-state index contributed by atoms with van der Waals surface area (Å²) in [5.74, 6) is 0. The van der Waals surface area contributed by atoms with Crippen LogP contribution < -0.4 is 0 Å². The fourth-order valence-corrected chi connectivity index (χ4v) is 0.211. The Morgan fingerprint density at radius 2 is 2.43 bits per heavy atom. The Bertz CT molecular complexity index is 116. The average molecular weight is 123 g/mol. The van der Waals surface area contributed by atoms with E-state index < -0.39 is 0 Å². The van der Waals surface area contributed by atoms with Crippen LogP contribution in [-0.2, 0) is 0 Å². The molecule has 0 aromatic carbocycles. The predicted octanol–water partition coefficient (Wildman–Crippen LogP) is -0.00278. The zero-order chi connectivity index (χ0) is 4.41. The van der Waals surface area contributed by atoms with Crippen molar-refractivity contribution in [1.29, 1.82) is 0 Å². The van der Waals surface area contributed by atoms with Gasteiger partial charge in [0.1, 0.15) is 12.0 Å². The summed E-state index contributed by atoms with van der Waals surface area (Å²) in [5, 5.41) is 6.70. The molecule has 33 valence electrons. The van der Waals surface area contributed by atoms with Crippen LogP contribution in [0.4, 0.5) is 0 Å². The van der Waals surface area contributed by atoms with E-state index in [-0.39, 0.29) is 51.4 Å². The number of hydrogen-bond acceptors (Lipinski definition) is 3. The van der Waals surface area contributed by atoms with Gasteiger partial charge in [-0.2, -0.15) is 0 Å². The molecule has 1 rings (SSSR count). The third kappa shape index (κ3) is 2.56. The molecule has 1 aromatic heterocycles. The van der Waals surface area contributed by atoms with E-state index in [0.29, 0.717) is 0 Å². The second-order valence-corrected chi connectivity index (χ2v) is 1.05. The summed E-state index contributed by atoms with van der Waals surface area (Å²) in [6, 6.07) is 0. The van der Waals surface area contributed by atoms with Gasteiger partial charge >= 0.3 is 0 Å². The summed E-state index contributed by atoms with van der Waals surface area (Å²) >= 11 is 0. The van der Waals surface area contributed by atoms with E-state index in [9.17, 15) is 0 Å². The van der Waals surface area contributed by atoms with E-state index in [1.165, 1.54) is 6.26 Å². The van der Waals surface area contributed by atoms with Crippen molar-refractivity contribution in [3.63, 3.8) is 0 Å². The van der Waals surface area contributed by atoms with Gasteiger partial charge in [-0.3, -0.25) is 0 Å². The van der Waals surface area contributed by atoms with Gasteiger partial charge in [0.05, 0.1) is 0 Å². The van der Waals surface area contributed by atoms with Crippen molar-refractivity contribution in [2.45, 2.75) is 6.92 Å². The Kier molecular flexibility index (Phi) is 4.15. The van der Waals surface area contributed by atoms with Crippen LogP contribution in [0.25, 0.3) is 0 Å². The number of rotatable bonds is 0. The molecule has 0 aliphatic rings. The quantitative estimate of drug-likeness (QED) is 0.456. The first-order valence-electron chi connectivity index (χ1n) is 1.63. The first-order valence-corrected chi connectivity index (χ1v) is 1.63. The maximum absolute atomic E-state index is 4.35. The fourth-order valence-electron chi connectivity index (χ4n) is 0.211. The molecule has 0 bridgehead atoms. The molecule has 0 amide bonds. The Labute approximate surface area is 83.9 Å². The van der Waals surface area contributed by atoms with Crippen LogP contribution in [0.5, 0.6) is 0 Å². The van der Waals surface area contributed by atoms with Crippen molar-refractivity contribution in [3.8, 4) is 0 Å². The SMILES string of the molecule is Cc1conn1.[K]. The molecule has 0 atom stereocenters. The van der Waals surface area contributed by atoms with Gasteiger partial charge in [-0.25, -0.2) is 0 Å². The fraction of sp³-hybridized carbons (Fsp3) is 0.333. The molecule has 0 saturated heterocycles. The van der Waals surface area contributed by atoms with E-state index >= 15 is 0 Å².